The third kappa shape index (κ3) is 3.72. The molecular weight excluding hydrogens is 270 g/mol. The van der Waals surface area contributed by atoms with Crippen LogP contribution >= 0.6 is 0 Å². The Balaban J connectivity index is 2.00. The Labute approximate surface area is 124 Å². The number of benzene rings is 1. The van der Waals surface area contributed by atoms with E-state index in [-0.39, 0.29) is 24.1 Å². The van der Waals surface area contributed by atoms with Crippen LogP contribution in [-0.2, 0) is 4.79 Å². The minimum atomic E-state index is -0.212. The van der Waals surface area contributed by atoms with E-state index < -0.39 is 0 Å². The van der Waals surface area contributed by atoms with Crippen molar-refractivity contribution in [3.05, 3.63) is 29.3 Å². The molecule has 0 radical (unpaired) electrons. The normalized spacial score (nSPS) is 14.9. The molecule has 6 heteroatoms. The molecule has 21 heavy (non-hydrogen) atoms. The number of rotatable bonds is 3. The minimum absolute atomic E-state index is 0.0382. The fourth-order valence-corrected chi connectivity index (χ4v) is 2.38. The second kappa shape index (κ2) is 6.58. The second-order valence-electron chi connectivity index (χ2n) is 5.29. The first-order chi connectivity index (χ1) is 9.99. The molecule has 1 aromatic carbocycles. The Hall–Kier alpha value is -2.08. The van der Waals surface area contributed by atoms with Crippen LogP contribution in [0.25, 0.3) is 0 Å². The van der Waals surface area contributed by atoms with Gasteiger partial charge >= 0.3 is 0 Å². The largest absolute Gasteiger partial charge is 0.508 e. The van der Waals surface area contributed by atoms with Gasteiger partial charge in [-0.3, -0.25) is 9.59 Å². The summed E-state index contributed by atoms with van der Waals surface area (Å²) in [7, 11) is 1.62. The lowest BCUT2D eigenvalue weighted by Gasteiger charge is -2.29. The summed E-state index contributed by atoms with van der Waals surface area (Å²) in [4.78, 5) is 27.7. The Morgan fingerprint density at radius 1 is 1.33 bits per heavy atom. The number of piperazine rings is 1. The van der Waals surface area contributed by atoms with Gasteiger partial charge in [0.1, 0.15) is 5.75 Å². The molecule has 0 bridgehead atoms. The summed E-state index contributed by atoms with van der Waals surface area (Å²) in [5.41, 5.74) is 1.20. The number of carbonyl (C=O) groups excluding carboxylic acids is 2. The molecule has 1 fully saturated rings. The van der Waals surface area contributed by atoms with Crippen LogP contribution in [0.2, 0.25) is 0 Å². The number of phenols is 1. The lowest BCUT2D eigenvalue weighted by molar-refractivity contribution is -0.132. The van der Waals surface area contributed by atoms with Crippen molar-refractivity contribution in [1.82, 2.24) is 15.1 Å². The van der Waals surface area contributed by atoms with Crippen LogP contribution in [0.5, 0.6) is 5.75 Å². The standard InChI is InChI=1S/C15H21N3O3/c1-11-9-12(19)3-4-13(11)15(21)17(2)10-14(20)18-7-5-16-6-8-18/h3-4,9,16,19H,5-8,10H2,1-2H3. The monoisotopic (exact) mass is 291 g/mol. The molecular formula is C15H21N3O3. The van der Waals surface area contributed by atoms with Crippen LogP contribution in [0.4, 0.5) is 0 Å². The molecule has 0 atom stereocenters. The number of carbonyl (C=O) groups is 2. The predicted molar refractivity (Wildman–Crippen MR) is 79.3 cm³/mol. The Morgan fingerprint density at radius 2 is 2.00 bits per heavy atom. The molecule has 0 saturated carbocycles. The van der Waals surface area contributed by atoms with Crippen LogP contribution < -0.4 is 5.32 Å². The molecule has 0 aliphatic carbocycles. The number of hydrogen-bond acceptors (Lipinski definition) is 4. The zero-order valence-electron chi connectivity index (χ0n) is 12.4. The summed E-state index contributed by atoms with van der Waals surface area (Å²) in [6, 6.07) is 4.60. The zero-order valence-corrected chi connectivity index (χ0v) is 12.4. The first-order valence-electron chi connectivity index (χ1n) is 7.02. The van der Waals surface area contributed by atoms with Crippen molar-refractivity contribution in [2.75, 3.05) is 39.8 Å². The van der Waals surface area contributed by atoms with E-state index in [0.29, 0.717) is 24.2 Å². The molecule has 6 nitrogen and oxygen atoms in total. The molecule has 1 aromatic rings. The lowest BCUT2D eigenvalue weighted by Crippen LogP contribution is -2.49. The van der Waals surface area contributed by atoms with E-state index in [4.69, 9.17) is 0 Å². The molecule has 1 aliphatic rings. The van der Waals surface area contributed by atoms with Crippen LogP contribution in [0.15, 0.2) is 18.2 Å². The van der Waals surface area contributed by atoms with Crippen molar-refractivity contribution in [2.24, 2.45) is 0 Å². The molecule has 1 saturated heterocycles. The van der Waals surface area contributed by atoms with Gasteiger partial charge in [0, 0.05) is 38.8 Å². The topological polar surface area (TPSA) is 72.9 Å². The van der Waals surface area contributed by atoms with Crippen molar-refractivity contribution in [2.45, 2.75) is 6.92 Å². The number of nitrogens with zero attached hydrogens (tertiary/aromatic N) is 2. The molecule has 0 unspecified atom stereocenters. The number of hydrogen-bond donors (Lipinski definition) is 2. The van der Waals surface area contributed by atoms with Gasteiger partial charge in [-0.05, 0) is 30.7 Å². The van der Waals surface area contributed by atoms with Crippen molar-refractivity contribution in [3.8, 4) is 5.75 Å². The summed E-state index contributed by atoms with van der Waals surface area (Å²) in [5, 5.41) is 12.6. The average Bonchev–Trinajstić information content (AvgIpc) is 2.47. The fourth-order valence-electron chi connectivity index (χ4n) is 2.38. The van der Waals surface area contributed by atoms with Crippen molar-refractivity contribution in [1.29, 1.82) is 0 Å². The van der Waals surface area contributed by atoms with E-state index in [1.165, 1.54) is 11.0 Å². The van der Waals surface area contributed by atoms with Gasteiger partial charge in [0.15, 0.2) is 0 Å². The quantitative estimate of drug-likeness (QED) is 0.835. The number of nitrogens with one attached hydrogen (secondary N) is 1. The molecule has 0 spiro atoms. The molecule has 114 valence electrons. The maximum absolute atomic E-state index is 12.4. The maximum Gasteiger partial charge on any atom is 0.254 e. The number of phenolic OH excluding ortho intramolecular Hbond substituents is 1. The first-order valence-corrected chi connectivity index (χ1v) is 7.02. The van der Waals surface area contributed by atoms with E-state index in [9.17, 15) is 14.7 Å². The maximum atomic E-state index is 12.4. The van der Waals surface area contributed by atoms with Crippen molar-refractivity contribution >= 4 is 11.8 Å². The van der Waals surface area contributed by atoms with Crippen LogP contribution in [-0.4, -0.2) is 66.5 Å². The van der Waals surface area contributed by atoms with Crippen molar-refractivity contribution in [3.63, 3.8) is 0 Å². The Kier molecular flexibility index (Phi) is 4.80. The second-order valence-corrected chi connectivity index (χ2v) is 5.29. The highest BCUT2D eigenvalue weighted by Gasteiger charge is 2.21. The van der Waals surface area contributed by atoms with Gasteiger partial charge in [0.2, 0.25) is 5.91 Å². The van der Waals surface area contributed by atoms with Crippen LogP contribution in [0, 0.1) is 6.92 Å². The van der Waals surface area contributed by atoms with Crippen LogP contribution in [0.1, 0.15) is 15.9 Å². The van der Waals surface area contributed by atoms with E-state index in [1.807, 2.05) is 0 Å². The van der Waals surface area contributed by atoms with Gasteiger partial charge in [-0.15, -0.1) is 0 Å². The highest BCUT2D eigenvalue weighted by atomic mass is 16.3. The molecule has 0 aromatic heterocycles. The zero-order chi connectivity index (χ0) is 15.4. The van der Waals surface area contributed by atoms with E-state index in [1.54, 1.807) is 31.0 Å². The number of likely N-dealkylation sites (N-methyl/N-ethyl adjacent to an activating group) is 1. The SMILES string of the molecule is Cc1cc(O)ccc1C(=O)N(C)CC(=O)N1CCNCC1. The third-order valence-electron chi connectivity index (χ3n) is 3.63. The molecule has 1 aliphatic heterocycles. The highest BCUT2D eigenvalue weighted by molar-refractivity contribution is 5.97. The summed E-state index contributed by atoms with van der Waals surface area (Å²) in [6.07, 6.45) is 0. The molecule has 2 rings (SSSR count). The minimum Gasteiger partial charge on any atom is -0.508 e. The summed E-state index contributed by atoms with van der Waals surface area (Å²) in [5.74, 6) is -0.122. The summed E-state index contributed by atoms with van der Waals surface area (Å²) in [6.45, 7) is 4.78. The van der Waals surface area contributed by atoms with Crippen LogP contribution in [0.3, 0.4) is 0 Å². The predicted octanol–water partition coefficient (Wildman–Crippen LogP) is 0.204. The summed E-state index contributed by atoms with van der Waals surface area (Å²) >= 11 is 0. The molecule has 2 amide bonds. The Morgan fingerprint density at radius 3 is 2.62 bits per heavy atom. The Bertz CT molecular complexity index is 539. The average molecular weight is 291 g/mol. The smallest absolute Gasteiger partial charge is 0.254 e. The van der Waals surface area contributed by atoms with Gasteiger partial charge in [0.25, 0.3) is 5.91 Å². The van der Waals surface area contributed by atoms with E-state index >= 15 is 0 Å². The van der Waals surface area contributed by atoms with Gasteiger partial charge in [-0.1, -0.05) is 0 Å². The number of aromatic hydroxyl groups is 1. The van der Waals surface area contributed by atoms with Gasteiger partial charge in [0.05, 0.1) is 6.54 Å². The van der Waals surface area contributed by atoms with Crippen molar-refractivity contribution < 1.29 is 14.7 Å². The third-order valence-corrected chi connectivity index (χ3v) is 3.63. The van der Waals surface area contributed by atoms with E-state index in [2.05, 4.69) is 5.32 Å². The first kappa shape index (κ1) is 15.3. The molecule has 1 heterocycles. The van der Waals surface area contributed by atoms with E-state index in [0.717, 1.165) is 13.1 Å². The summed E-state index contributed by atoms with van der Waals surface area (Å²) < 4.78 is 0. The van der Waals surface area contributed by atoms with Gasteiger partial charge < -0.3 is 20.2 Å². The number of amides is 2. The van der Waals surface area contributed by atoms with Gasteiger partial charge in [-0.25, -0.2) is 0 Å². The molecule has 2 N–H and O–H groups in total. The lowest BCUT2D eigenvalue weighted by atomic mass is 10.1. The fraction of sp³-hybridized carbons (Fsp3) is 0.467. The number of aryl methyl sites for hydroxylation is 1. The van der Waals surface area contributed by atoms with Gasteiger partial charge in [-0.2, -0.15) is 0 Å². The highest BCUT2D eigenvalue weighted by Crippen LogP contribution is 2.17.